The number of ether oxygens (including phenoxy) is 1. The van der Waals surface area contributed by atoms with E-state index >= 15 is 0 Å². The van der Waals surface area contributed by atoms with Crippen molar-refractivity contribution in [2.24, 2.45) is 0 Å². The summed E-state index contributed by atoms with van der Waals surface area (Å²) < 4.78 is 5.50. The van der Waals surface area contributed by atoms with E-state index in [0.29, 0.717) is 19.4 Å². The van der Waals surface area contributed by atoms with E-state index < -0.39 is 12.1 Å². The predicted octanol–water partition coefficient (Wildman–Crippen LogP) is 21.1. The number of aliphatic hydroxyl groups excluding tert-OH is 2. The van der Waals surface area contributed by atoms with Crippen LogP contribution in [0.3, 0.4) is 0 Å². The Morgan fingerprint density at radius 3 is 1.05 bits per heavy atom. The van der Waals surface area contributed by atoms with Gasteiger partial charge in [0.2, 0.25) is 5.91 Å². The van der Waals surface area contributed by atoms with E-state index in [1.807, 2.05) is 6.08 Å². The Hall–Kier alpha value is -1.92. The average molecular weight is 1040 g/mol. The summed E-state index contributed by atoms with van der Waals surface area (Å²) in [7, 11) is 0. The second-order valence-electron chi connectivity index (χ2n) is 22.8. The molecule has 6 nitrogen and oxygen atoms in total. The molecule has 0 bridgehead atoms. The third kappa shape index (κ3) is 59.3. The van der Waals surface area contributed by atoms with Crippen molar-refractivity contribution in [3.8, 4) is 0 Å². The first-order valence-electron chi connectivity index (χ1n) is 33.3. The second kappa shape index (κ2) is 63.6. The minimum absolute atomic E-state index is 0.0104. The van der Waals surface area contributed by atoms with Crippen LogP contribution in [-0.2, 0) is 14.3 Å². The van der Waals surface area contributed by atoms with Gasteiger partial charge < -0.3 is 20.3 Å². The van der Waals surface area contributed by atoms with E-state index in [2.05, 4.69) is 43.5 Å². The summed E-state index contributed by atoms with van der Waals surface area (Å²) in [5.41, 5.74) is 0. The molecule has 0 fully saturated rings. The van der Waals surface area contributed by atoms with Gasteiger partial charge in [-0.05, 0) is 64.2 Å². The number of nitrogens with one attached hydrogen (secondary N) is 1. The lowest BCUT2D eigenvalue weighted by atomic mass is 10.0. The first-order valence-corrected chi connectivity index (χ1v) is 33.3. The van der Waals surface area contributed by atoms with Gasteiger partial charge in [0.05, 0.1) is 25.4 Å². The van der Waals surface area contributed by atoms with Gasteiger partial charge >= 0.3 is 5.97 Å². The van der Waals surface area contributed by atoms with Crippen molar-refractivity contribution >= 4 is 11.9 Å². The van der Waals surface area contributed by atoms with Gasteiger partial charge in [0.15, 0.2) is 0 Å². The van der Waals surface area contributed by atoms with Gasteiger partial charge in [-0.3, -0.25) is 9.59 Å². The van der Waals surface area contributed by atoms with Crippen LogP contribution in [0.25, 0.3) is 0 Å². The molecule has 6 heteroatoms. The normalized spacial score (nSPS) is 12.8. The predicted molar refractivity (Wildman–Crippen MR) is 324 cm³/mol. The second-order valence-corrected chi connectivity index (χ2v) is 22.8. The molecule has 0 heterocycles. The van der Waals surface area contributed by atoms with Crippen LogP contribution < -0.4 is 5.32 Å². The van der Waals surface area contributed by atoms with Gasteiger partial charge in [0, 0.05) is 12.8 Å². The smallest absolute Gasteiger partial charge is 0.305 e. The number of allylic oxidation sites excluding steroid dienone is 5. The maximum absolute atomic E-state index is 12.5. The summed E-state index contributed by atoms with van der Waals surface area (Å²) in [6.07, 6.45) is 80.6. The molecule has 0 aromatic heterocycles. The van der Waals surface area contributed by atoms with E-state index in [9.17, 15) is 19.8 Å². The number of amides is 1. The van der Waals surface area contributed by atoms with Crippen molar-refractivity contribution < 1.29 is 24.5 Å². The number of carbonyl (C=O) groups excluding carboxylic acids is 2. The molecule has 0 rings (SSSR count). The average Bonchev–Trinajstić information content (AvgIpc) is 3.40. The lowest BCUT2D eigenvalue weighted by Gasteiger charge is -2.20. The van der Waals surface area contributed by atoms with Crippen LogP contribution in [0, 0.1) is 0 Å². The number of esters is 1. The lowest BCUT2D eigenvalue weighted by molar-refractivity contribution is -0.143. The van der Waals surface area contributed by atoms with Gasteiger partial charge in [0.25, 0.3) is 0 Å². The van der Waals surface area contributed by atoms with Crippen LogP contribution in [0.2, 0.25) is 0 Å². The largest absolute Gasteiger partial charge is 0.466 e. The molecule has 2 atom stereocenters. The Labute approximate surface area is 462 Å². The molecule has 1 amide bonds. The first-order chi connectivity index (χ1) is 36.5. The topological polar surface area (TPSA) is 95.9 Å². The maximum atomic E-state index is 12.5. The molecule has 0 aromatic carbocycles. The molecule has 436 valence electrons. The Balaban J connectivity index is 3.38. The van der Waals surface area contributed by atoms with Crippen LogP contribution in [0.15, 0.2) is 36.5 Å². The van der Waals surface area contributed by atoms with Gasteiger partial charge in [0.1, 0.15) is 0 Å². The van der Waals surface area contributed by atoms with Gasteiger partial charge in [-0.1, -0.05) is 320 Å². The molecule has 0 aliphatic rings. The number of hydrogen-bond donors (Lipinski definition) is 3. The zero-order chi connectivity index (χ0) is 53.6. The standard InChI is InChI=1S/C68H129NO5/c1-3-5-7-9-11-13-15-17-19-20-26-30-34-38-42-46-50-54-58-62-68(73)74-63-59-55-51-47-43-39-35-31-28-25-23-21-22-24-27-29-33-37-41-45-49-53-57-61-67(72)69-65(64-70)66(71)60-56-52-48-44-40-36-32-18-16-14-12-10-8-6-4-2/h11,13,17,19,56,60,65-66,70-71H,3-10,12,14-16,18,20-55,57-59,61-64H2,1-2H3,(H,69,72)/b13-11-,19-17-,60-56+. The van der Waals surface area contributed by atoms with Crippen LogP contribution in [0.5, 0.6) is 0 Å². The van der Waals surface area contributed by atoms with E-state index in [1.165, 1.54) is 283 Å². The summed E-state index contributed by atoms with van der Waals surface area (Å²) >= 11 is 0. The van der Waals surface area contributed by atoms with Gasteiger partial charge in [-0.15, -0.1) is 0 Å². The maximum Gasteiger partial charge on any atom is 0.305 e. The van der Waals surface area contributed by atoms with Crippen molar-refractivity contribution in [3.05, 3.63) is 36.5 Å². The number of carbonyl (C=O) groups is 2. The van der Waals surface area contributed by atoms with Crippen molar-refractivity contribution in [2.75, 3.05) is 13.2 Å². The molecular weight excluding hydrogens is 911 g/mol. The Bertz CT molecular complexity index is 1200. The van der Waals surface area contributed by atoms with E-state index in [4.69, 9.17) is 4.74 Å². The van der Waals surface area contributed by atoms with Gasteiger partial charge in [-0.2, -0.15) is 0 Å². The summed E-state index contributed by atoms with van der Waals surface area (Å²) in [6.45, 7) is 4.90. The molecule has 2 unspecified atom stereocenters. The highest BCUT2D eigenvalue weighted by atomic mass is 16.5. The fourth-order valence-corrected chi connectivity index (χ4v) is 10.3. The number of rotatable bonds is 62. The van der Waals surface area contributed by atoms with E-state index in [1.54, 1.807) is 6.08 Å². The zero-order valence-electron chi connectivity index (χ0n) is 49.8. The molecule has 0 aliphatic heterocycles. The minimum atomic E-state index is -0.844. The summed E-state index contributed by atoms with van der Waals surface area (Å²) in [5, 5.41) is 23.1. The molecule has 74 heavy (non-hydrogen) atoms. The SMILES string of the molecule is CCCCC/C=C\C/C=C\CCCCCCCCCCCC(=O)OCCCCCCCCCCCCCCCCCCCCCCCCCC(=O)NC(CO)C(O)/C=C/CCCCCCCCCCCCCCC. The summed E-state index contributed by atoms with van der Waals surface area (Å²) in [4.78, 5) is 24.6. The fourth-order valence-electron chi connectivity index (χ4n) is 10.3. The number of aliphatic hydroxyl groups is 2. The van der Waals surface area contributed by atoms with Crippen molar-refractivity contribution in [1.82, 2.24) is 5.32 Å². The third-order valence-corrected chi connectivity index (χ3v) is 15.4. The quantitative estimate of drug-likeness (QED) is 0.0320. The van der Waals surface area contributed by atoms with Crippen LogP contribution in [0.1, 0.15) is 361 Å². The van der Waals surface area contributed by atoms with Crippen LogP contribution in [-0.4, -0.2) is 47.4 Å². The van der Waals surface area contributed by atoms with Crippen molar-refractivity contribution in [3.63, 3.8) is 0 Å². The highest BCUT2D eigenvalue weighted by Crippen LogP contribution is 2.18. The molecular formula is C68H129NO5. The highest BCUT2D eigenvalue weighted by molar-refractivity contribution is 5.76. The molecule has 0 saturated heterocycles. The molecule has 0 spiro atoms. The molecule has 3 N–H and O–H groups in total. The van der Waals surface area contributed by atoms with Gasteiger partial charge in [-0.25, -0.2) is 0 Å². The number of hydrogen-bond acceptors (Lipinski definition) is 5. The summed E-state index contributed by atoms with van der Waals surface area (Å²) in [5.74, 6) is -0.0554. The zero-order valence-corrected chi connectivity index (χ0v) is 49.8. The monoisotopic (exact) mass is 1040 g/mol. The molecule has 0 radical (unpaired) electrons. The first kappa shape index (κ1) is 72.1. The number of unbranched alkanes of at least 4 members (excludes halogenated alkanes) is 47. The van der Waals surface area contributed by atoms with E-state index in [-0.39, 0.29) is 18.5 Å². The lowest BCUT2D eigenvalue weighted by Crippen LogP contribution is -2.45. The Morgan fingerprint density at radius 2 is 0.676 bits per heavy atom. The van der Waals surface area contributed by atoms with Crippen molar-refractivity contribution in [2.45, 2.75) is 373 Å². The fraction of sp³-hybridized carbons (Fsp3) is 0.882. The Kier molecular flexibility index (Phi) is 62.0. The van der Waals surface area contributed by atoms with E-state index in [0.717, 1.165) is 51.4 Å². The highest BCUT2D eigenvalue weighted by Gasteiger charge is 2.18. The molecule has 0 aromatic rings. The van der Waals surface area contributed by atoms with Crippen LogP contribution >= 0.6 is 0 Å². The Morgan fingerprint density at radius 1 is 0.378 bits per heavy atom. The third-order valence-electron chi connectivity index (χ3n) is 15.4. The molecule has 0 aliphatic carbocycles. The van der Waals surface area contributed by atoms with Crippen molar-refractivity contribution in [1.29, 1.82) is 0 Å². The van der Waals surface area contributed by atoms with Crippen LogP contribution in [0.4, 0.5) is 0 Å². The summed E-state index contributed by atoms with van der Waals surface area (Å²) in [6, 6.07) is -0.627. The minimum Gasteiger partial charge on any atom is -0.466 e. The molecule has 0 saturated carbocycles.